The maximum Gasteiger partial charge on any atom is 0.328 e. The number of hydrogen-bond donors (Lipinski definition) is 2. The van der Waals surface area contributed by atoms with E-state index in [1.165, 1.54) is 0 Å². The molecule has 1 aromatic rings. The van der Waals surface area contributed by atoms with Gasteiger partial charge in [-0.1, -0.05) is 31.2 Å². The lowest BCUT2D eigenvalue weighted by Gasteiger charge is -2.20. The lowest BCUT2D eigenvalue weighted by Crippen LogP contribution is -2.27. The van der Waals surface area contributed by atoms with Crippen LogP contribution >= 0.6 is 0 Å². The Balaban J connectivity index is 2.62. The van der Waals surface area contributed by atoms with Crippen molar-refractivity contribution < 1.29 is 15.0 Å². The third-order valence-electron chi connectivity index (χ3n) is 2.76. The Morgan fingerprint density at radius 1 is 1.26 bits per heavy atom. The molecule has 0 aliphatic rings. The monoisotopic (exact) mass is 263 g/mol. The molecule has 4 heteroatoms. The van der Waals surface area contributed by atoms with Gasteiger partial charge in [-0.15, -0.1) is 0 Å². The van der Waals surface area contributed by atoms with E-state index in [1.807, 2.05) is 24.3 Å². The molecular formula is C15H21NO3. The predicted octanol–water partition coefficient (Wildman–Crippen LogP) is 1.99. The van der Waals surface area contributed by atoms with E-state index in [9.17, 15) is 4.79 Å². The number of hydrogen-bond acceptors (Lipinski definition) is 3. The Morgan fingerprint density at radius 2 is 1.95 bits per heavy atom. The first-order valence-corrected chi connectivity index (χ1v) is 6.49. The van der Waals surface area contributed by atoms with E-state index in [0.29, 0.717) is 6.54 Å². The van der Waals surface area contributed by atoms with Gasteiger partial charge in [0.1, 0.15) is 0 Å². The van der Waals surface area contributed by atoms with Crippen LogP contribution in [0.2, 0.25) is 0 Å². The van der Waals surface area contributed by atoms with E-state index in [4.69, 9.17) is 10.2 Å². The molecule has 0 aromatic heterocycles. The van der Waals surface area contributed by atoms with Crippen LogP contribution in [-0.2, 0) is 11.3 Å². The lowest BCUT2D eigenvalue weighted by molar-refractivity contribution is -0.131. The van der Waals surface area contributed by atoms with Crippen molar-refractivity contribution in [1.29, 1.82) is 0 Å². The first kappa shape index (κ1) is 15.4. The average molecular weight is 263 g/mol. The van der Waals surface area contributed by atoms with Gasteiger partial charge in [-0.05, 0) is 30.2 Å². The summed E-state index contributed by atoms with van der Waals surface area (Å²) in [7, 11) is 0. The molecule has 0 spiro atoms. The van der Waals surface area contributed by atoms with Crippen LogP contribution in [0.15, 0.2) is 30.3 Å². The summed E-state index contributed by atoms with van der Waals surface area (Å²) in [5.74, 6) is -0.943. The summed E-state index contributed by atoms with van der Waals surface area (Å²) in [6, 6.07) is 7.78. The highest BCUT2D eigenvalue weighted by Crippen LogP contribution is 2.09. The smallest absolute Gasteiger partial charge is 0.328 e. The zero-order valence-electron chi connectivity index (χ0n) is 11.2. The van der Waals surface area contributed by atoms with Gasteiger partial charge in [0, 0.05) is 19.2 Å². The quantitative estimate of drug-likeness (QED) is 0.704. The number of rotatable bonds is 8. The predicted molar refractivity (Wildman–Crippen MR) is 75.8 cm³/mol. The van der Waals surface area contributed by atoms with Crippen molar-refractivity contribution in [2.45, 2.75) is 19.9 Å². The molecule has 0 heterocycles. The van der Waals surface area contributed by atoms with Gasteiger partial charge in [0.2, 0.25) is 0 Å². The number of carboxylic acid groups (broad SMARTS) is 1. The fourth-order valence-electron chi connectivity index (χ4n) is 1.89. The van der Waals surface area contributed by atoms with Crippen molar-refractivity contribution in [3.05, 3.63) is 41.5 Å². The number of carboxylic acids is 1. The van der Waals surface area contributed by atoms with Crippen molar-refractivity contribution in [3.63, 3.8) is 0 Å². The van der Waals surface area contributed by atoms with Crippen LogP contribution in [0, 0.1) is 0 Å². The Kier molecular flexibility index (Phi) is 6.85. The van der Waals surface area contributed by atoms with E-state index in [1.54, 1.807) is 6.08 Å². The van der Waals surface area contributed by atoms with E-state index in [-0.39, 0.29) is 6.61 Å². The number of aliphatic carboxylic acids is 1. The second-order valence-corrected chi connectivity index (χ2v) is 4.41. The second-order valence-electron chi connectivity index (χ2n) is 4.41. The molecule has 1 aromatic carbocycles. The summed E-state index contributed by atoms with van der Waals surface area (Å²) in [6.45, 7) is 4.72. The third kappa shape index (κ3) is 6.18. The van der Waals surface area contributed by atoms with Crippen LogP contribution < -0.4 is 0 Å². The fraction of sp³-hybridized carbons (Fsp3) is 0.400. The second kappa shape index (κ2) is 8.45. The van der Waals surface area contributed by atoms with Crippen molar-refractivity contribution >= 4 is 12.0 Å². The van der Waals surface area contributed by atoms with Gasteiger partial charge in [0.15, 0.2) is 0 Å². The molecule has 2 N–H and O–H groups in total. The Hall–Kier alpha value is -1.65. The van der Waals surface area contributed by atoms with E-state index >= 15 is 0 Å². The average Bonchev–Trinajstić information content (AvgIpc) is 2.38. The standard InChI is InChI=1S/C15H21NO3/c1-2-9-16(10-11-17)12-14-5-3-13(4-6-14)7-8-15(18)19/h3-8,17H,2,9-12H2,1H3,(H,18,19)/b8-7+. The summed E-state index contributed by atoms with van der Waals surface area (Å²) in [5, 5.41) is 17.6. The lowest BCUT2D eigenvalue weighted by atomic mass is 10.1. The highest BCUT2D eigenvalue weighted by Gasteiger charge is 2.04. The van der Waals surface area contributed by atoms with Crippen LogP contribution in [0.1, 0.15) is 24.5 Å². The minimum atomic E-state index is -0.943. The zero-order valence-corrected chi connectivity index (χ0v) is 11.2. The van der Waals surface area contributed by atoms with Gasteiger partial charge in [-0.2, -0.15) is 0 Å². The summed E-state index contributed by atoms with van der Waals surface area (Å²) < 4.78 is 0. The third-order valence-corrected chi connectivity index (χ3v) is 2.76. The molecule has 0 saturated carbocycles. The molecule has 0 fully saturated rings. The van der Waals surface area contributed by atoms with Gasteiger partial charge >= 0.3 is 5.97 Å². The molecule has 0 saturated heterocycles. The number of aliphatic hydroxyl groups is 1. The molecule has 4 nitrogen and oxygen atoms in total. The highest BCUT2D eigenvalue weighted by molar-refractivity contribution is 5.85. The van der Waals surface area contributed by atoms with E-state index < -0.39 is 5.97 Å². The largest absolute Gasteiger partial charge is 0.478 e. The highest BCUT2D eigenvalue weighted by atomic mass is 16.4. The van der Waals surface area contributed by atoms with Gasteiger partial charge < -0.3 is 10.2 Å². The van der Waals surface area contributed by atoms with Crippen LogP contribution in [-0.4, -0.2) is 40.8 Å². The van der Waals surface area contributed by atoms with Gasteiger partial charge in [0.25, 0.3) is 0 Å². The molecule has 0 radical (unpaired) electrons. The fourth-order valence-corrected chi connectivity index (χ4v) is 1.89. The Bertz CT molecular complexity index is 406. The topological polar surface area (TPSA) is 60.8 Å². The molecule has 19 heavy (non-hydrogen) atoms. The normalized spacial score (nSPS) is 11.3. The van der Waals surface area contributed by atoms with Crippen molar-refractivity contribution in [2.75, 3.05) is 19.7 Å². The first-order valence-electron chi connectivity index (χ1n) is 6.49. The summed E-state index contributed by atoms with van der Waals surface area (Å²) in [6.07, 6.45) is 3.76. The Morgan fingerprint density at radius 3 is 2.47 bits per heavy atom. The number of aliphatic hydroxyl groups excluding tert-OH is 1. The molecule has 0 atom stereocenters. The molecule has 104 valence electrons. The minimum absolute atomic E-state index is 0.166. The SMILES string of the molecule is CCCN(CCO)Cc1ccc(/C=C/C(=O)O)cc1. The molecular weight excluding hydrogens is 242 g/mol. The van der Waals surface area contributed by atoms with Crippen LogP contribution in [0.5, 0.6) is 0 Å². The minimum Gasteiger partial charge on any atom is -0.478 e. The van der Waals surface area contributed by atoms with Crippen molar-refractivity contribution in [2.24, 2.45) is 0 Å². The summed E-state index contributed by atoms with van der Waals surface area (Å²) >= 11 is 0. The number of benzene rings is 1. The van der Waals surface area contributed by atoms with Crippen LogP contribution in [0.25, 0.3) is 6.08 Å². The first-order chi connectivity index (χ1) is 9.15. The van der Waals surface area contributed by atoms with Crippen LogP contribution in [0.3, 0.4) is 0 Å². The van der Waals surface area contributed by atoms with Gasteiger partial charge in [-0.3, -0.25) is 4.90 Å². The molecule has 0 aliphatic heterocycles. The van der Waals surface area contributed by atoms with Crippen molar-refractivity contribution in [3.8, 4) is 0 Å². The van der Waals surface area contributed by atoms with Gasteiger partial charge in [0.05, 0.1) is 6.61 Å². The molecule has 1 rings (SSSR count). The Labute approximate surface area is 114 Å². The molecule has 0 amide bonds. The zero-order chi connectivity index (χ0) is 14.1. The molecule has 0 aliphatic carbocycles. The maximum atomic E-state index is 10.4. The summed E-state index contributed by atoms with van der Waals surface area (Å²) in [4.78, 5) is 12.6. The van der Waals surface area contributed by atoms with E-state index in [2.05, 4.69) is 11.8 Å². The summed E-state index contributed by atoms with van der Waals surface area (Å²) in [5.41, 5.74) is 2.03. The van der Waals surface area contributed by atoms with Crippen molar-refractivity contribution in [1.82, 2.24) is 4.90 Å². The van der Waals surface area contributed by atoms with Crippen LogP contribution in [0.4, 0.5) is 0 Å². The van der Waals surface area contributed by atoms with E-state index in [0.717, 1.165) is 36.7 Å². The number of carbonyl (C=O) groups is 1. The molecule has 0 bridgehead atoms. The number of nitrogens with zero attached hydrogens (tertiary/aromatic N) is 1. The molecule has 0 unspecified atom stereocenters. The maximum absolute atomic E-state index is 10.4. The van der Waals surface area contributed by atoms with Gasteiger partial charge in [-0.25, -0.2) is 4.79 Å².